The SMILES string of the molecule is O=C(O)NCc1cc(Br)ccc1Cl. The minimum atomic E-state index is -1.06. The van der Waals surface area contributed by atoms with Gasteiger partial charge in [0.1, 0.15) is 0 Å². The zero-order chi connectivity index (χ0) is 9.84. The Labute approximate surface area is 88.8 Å². The zero-order valence-electron chi connectivity index (χ0n) is 6.55. The second-order valence-electron chi connectivity index (χ2n) is 2.39. The van der Waals surface area contributed by atoms with Crippen LogP contribution in [0, 0.1) is 0 Å². The molecule has 0 radical (unpaired) electrons. The fourth-order valence-electron chi connectivity index (χ4n) is 0.850. The van der Waals surface area contributed by atoms with E-state index < -0.39 is 6.09 Å². The van der Waals surface area contributed by atoms with E-state index in [1.165, 1.54) is 0 Å². The lowest BCUT2D eigenvalue weighted by Crippen LogP contribution is -2.20. The van der Waals surface area contributed by atoms with Crippen LogP contribution in [-0.4, -0.2) is 11.2 Å². The van der Waals surface area contributed by atoms with E-state index in [1.54, 1.807) is 18.2 Å². The van der Waals surface area contributed by atoms with Crippen molar-refractivity contribution in [3.05, 3.63) is 33.3 Å². The molecule has 0 atom stereocenters. The van der Waals surface area contributed by atoms with Crippen LogP contribution in [0.15, 0.2) is 22.7 Å². The minimum Gasteiger partial charge on any atom is -0.465 e. The highest BCUT2D eigenvalue weighted by Crippen LogP contribution is 2.20. The van der Waals surface area contributed by atoms with E-state index in [1.807, 2.05) is 0 Å². The lowest BCUT2D eigenvalue weighted by molar-refractivity contribution is 0.194. The Kier molecular flexibility index (Phi) is 3.57. The summed E-state index contributed by atoms with van der Waals surface area (Å²) < 4.78 is 0.874. The number of rotatable bonds is 2. The molecule has 3 nitrogen and oxygen atoms in total. The minimum absolute atomic E-state index is 0.216. The Balaban J connectivity index is 2.75. The molecule has 1 aromatic rings. The van der Waals surface area contributed by atoms with Gasteiger partial charge in [-0.3, -0.25) is 0 Å². The Morgan fingerprint density at radius 3 is 2.92 bits per heavy atom. The van der Waals surface area contributed by atoms with Gasteiger partial charge in [-0.15, -0.1) is 0 Å². The van der Waals surface area contributed by atoms with E-state index >= 15 is 0 Å². The number of hydrogen-bond donors (Lipinski definition) is 2. The molecule has 0 aromatic heterocycles. The molecule has 0 unspecified atom stereocenters. The highest BCUT2D eigenvalue weighted by atomic mass is 79.9. The molecule has 2 N–H and O–H groups in total. The summed E-state index contributed by atoms with van der Waals surface area (Å²) in [6, 6.07) is 5.29. The van der Waals surface area contributed by atoms with Crippen LogP contribution in [0.5, 0.6) is 0 Å². The lowest BCUT2D eigenvalue weighted by Gasteiger charge is -2.04. The number of halogens is 2. The quantitative estimate of drug-likeness (QED) is 0.863. The standard InChI is InChI=1S/C8H7BrClNO2/c9-6-1-2-7(10)5(3-6)4-11-8(12)13/h1-3,11H,4H2,(H,12,13). The van der Waals surface area contributed by atoms with Crippen molar-refractivity contribution >= 4 is 33.6 Å². The summed E-state index contributed by atoms with van der Waals surface area (Å²) in [7, 11) is 0. The number of carboxylic acid groups (broad SMARTS) is 1. The van der Waals surface area contributed by atoms with Gasteiger partial charge in [0.05, 0.1) is 0 Å². The van der Waals surface area contributed by atoms with E-state index in [0.717, 1.165) is 10.0 Å². The summed E-state index contributed by atoms with van der Waals surface area (Å²) in [5.74, 6) is 0. The number of amides is 1. The summed E-state index contributed by atoms with van der Waals surface area (Å²) in [5, 5.41) is 11.2. The molecule has 1 amide bonds. The van der Waals surface area contributed by atoms with Crippen LogP contribution in [0.25, 0.3) is 0 Å². The molecule has 5 heteroatoms. The van der Waals surface area contributed by atoms with E-state index in [0.29, 0.717) is 5.02 Å². The van der Waals surface area contributed by atoms with Crippen LogP contribution in [0.1, 0.15) is 5.56 Å². The maximum Gasteiger partial charge on any atom is 0.404 e. The van der Waals surface area contributed by atoms with Crippen molar-refractivity contribution in [3.8, 4) is 0 Å². The molecule has 0 aliphatic carbocycles. The average molecular weight is 265 g/mol. The van der Waals surface area contributed by atoms with Gasteiger partial charge in [-0.1, -0.05) is 27.5 Å². The summed E-state index contributed by atoms with van der Waals surface area (Å²) in [5.41, 5.74) is 0.749. The summed E-state index contributed by atoms with van der Waals surface area (Å²) in [4.78, 5) is 10.2. The van der Waals surface area contributed by atoms with Crippen LogP contribution in [0.2, 0.25) is 5.02 Å². The third kappa shape index (κ3) is 3.24. The van der Waals surface area contributed by atoms with Crippen LogP contribution < -0.4 is 5.32 Å². The van der Waals surface area contributed by atoms with Crippen molar-refractivity contribution in [2.45, 2.75) is 6.54 Å². The first-order valence-corrected chi connectivity index (χ1v) is 4.67. The molecule has 0 bridgehead atoms. The van der Waals surface area contributed by atoms with E-state index in [2.05, 4.69) is 21.2 Å². The van der Waals surface area contributed by atoms with Crippen molar-refractivity contribution in [1.29, 1.82) is 0 Å². The van der Waals surface area contributed by atoms with Gasteiger partial charge in [0.2, 0.25) is 0 Å². The number of nitrogens with one attached hydrogen (secondary N) is 1. The Hall–Kier alpha value is -0.740. The van der Waals surface area contributed by atoms with Crippen LogP contribution in [0.3, 0.4) is 0 Å². The van der Waals surface area contributed by atoms with Gasteiger partial charge in [0.15, 0.2) is 0 Å². The smallest absolute Gasteiger partial charge is 0.404 e. The predicted octanol–water partition coefficient (Wildman–Crippen LogP) is 2.87. The topological polar surface area (TPSA) is 49.3 Å². The maximum atomic E-state index is 10.2. The molecular formula is C8H7BrClNO2. The molecule has 0 spiro atoms. The third-order valence-corrected chi connectivity index (χ3v) is 2.30. The van der Waals surface area contributed by atoms with Crippen LogP contribution in [0.4, 0.5) is 4.79 Å². The predicted molar refractivity (Wildman–Crippen MR) is 54.0 cm³/mol. The first-order valence-electron chi connectivity index (χ1n) is 3.50. The van der Waals surface area contributed by atoms with Crippen molar-refractivity contribution in [2.24, 2.45) is 0 Å². The van der Waals surface area contributed by atoms with Crippen molar-refractivity contribution in [3.63, 3.8) is 0 Å². The van der Waals surface area contributed by atoms with Crippen molar-refractivity contribution in [2.75, 3.05) is 0 Å². The number of hydrogen-bond acceptors (Lipinski definition) is 1. The first kappa shape index (κ1) is 10.3. The molecule has 0 saturated carbocycles. The van der Waals surface area contributed by atoms with E-state index in [9.17, 15) is 4.79 Å². The van der Waals surface area contributed by atoms with Crippen LogP contribution in [-0.2, 0) is 6.54 Å². The molecule has 1 rings (SSSR count). The first-order chi connectivity index (χ1) is 6.09. The molecule has 0 heterocycles. The Morgan fingerprint density at radius 2 is 2.31 bits per heavy atom. The van der Waals surface area contributed by atoms with Gasteiger partial charge in [0, 0.05) is 16.0 Å². The number of carbonyl (C=O) groups is 1. The second-order valence-corrected chi connectivity index (χ2v) is 3.72. The van der Waals surface area contributed by atoms with Gasteiger partial charge in [-0.25, -0.2) is 4.79 Å². The molecule has 70 valence electrons. The molecule has 0 fully saturated rings. The molecular weight excluding hydrogens is 257 g/mol. The molecule has 13 heavy (non-hydrogen) atoms. The largest absolute Gasteiger partial charge is 0.465 e. The van der Waals surface area contributed by atoms with Crippen molar-refractivity contribution in [1.82, 2.24) is 5.32 Å². The molecule has 0 aliphatic heterocycles. The van der Waals surface area contributed by atoms with Gasteiger partial charge in [0.25, 0.3) is 0 Å². The second kappa shape index (κ2) is 4.48. The van der Waals surface area contributed by atoms with Crippen molar-refractivity contribution < 1.29 is 9.90 Å². The Morgan fingerprint density at radius 1 is 1.62 bits per heavy atom. The fourth-order valence-corrected chi connectivity index (χ4v) is 1.44. The average Bonchev–Trinajstić information content (AvgIpc) is 2.06. The Bertz CT molecular complexity index is 330. The van der Waals surface area contributed by atoms with E-state index in [4.69, 9.17) is 16.7 Å². The molecule has 0 saturated heterocycles. The highest BCUT2D eigenvalue weighted by Gasteiger charge is 2.02. The summed E-state index contributed by atoms with van der Waals surface area (Å²) in [6.45, 7) is 0.216. The fraction of sp³-hybridized carbons (Fsp3) is 0.125. The number of benzene rings is 1. The summed E-state index contributed by atoms with van der Waals surface area (Å²) >= 11 is 9.10. The zero-order valence-corrected chi connectivity index (χ0v) is 8.89. The monoisotopic (exact) mass is 263 g/mol. The van der Waals surface area contributed by atoms with Gasteiger partial charge in [-0.2, -0.15) is 0 Å². The van der Waals surface area contributed by atoms with Gasteiger partial charge >= 0.3 is 6.09 Å². The summed E-state index contributed by atoms with van der Waals surface area (Å²) in [6.07, 6.45) is -1.06. The third-order valence-electron chi connectivity index (χ3n) is 1.44. The normalized spacial score (nSPS) is 9.69. The maximum absolute atomic E-state index is 10.2. The van der Waals surface area contributed by atoms with E-state index in [-0.39, 0.29) is 6.54 Å². The highest BCUT2D eigenvalue weighted by molar-refractivity contribution is 9.10. The van der Waals surface area contributed by atoms with Gasteiger partial charge in [-0.05, 0) is 23.8 Å². The molecule has 1 aromatic carbocycles. The van der Waals surface area contributed by atoms with Crippen LogP contribution >= 0.6 is 27.5 Å². The lowest BCUT2D eigenvalue weighted by atomic mass is 10.2. The molecule has 0 aliphatic rings. The van der Waals surface area contributed by atoms with Gasteiger partial charge < -0.3 is 10.4 Å².